The molecule has 0 radical (unpaired) electrons. The molecule has 29 heavy (non-hydrogen) atoms. The van der Waals surface area contributed by atoms with Gasteiger partial charge in [0.1, 0.15) is 17.9 Å². The molecule has 0 N–H and O–H groups in total. The van der Waals surface area contributed by atoms with Crippen LogP contribution in [-0.4, -0.2) is 50.4 Å². The van der Waals surface area contributed by atoms with Crippen molar-refractivity contribution in [3.05, 3.63) is 39.6 Å². The number of hydrogen-bond acceptors (Lipinski definition) is 4. The molecule has 0 saturated carbocycles. The number of aliphatic imine (C=N–C) groups is 1. The third kappa shape index (κ3) is 4.79. The van der Waals surface area contributed by atoms with Gasteiger partial charge in [0.25, 0.3) is 0 Å². The molecule has 0 aromatic heterocycles. The molecule has 0 unspecified atom stereocenters. The fraction of sp³-hybridized carbons (Fsp3) is 0.545. The van der Waals surface area contributed by atoms with Crippen LogP contribution in [0.15, 0.2) is 34.6 Å². The van der Waals surface area contributed by atoms with Gasteiger partial charge < -0.3 is 14.5 Å². The van der Waals surface area contributed by atoms with Gasteiger partial charge in [-0.2, -0.15) is 0 Å². The minimum absolute atomic E-state index is 0.305. The van der Waals surface area contributed by atoms with Crippen LogP contribution in [0.2, 0.25) is 10.0 Å². The molecule has 2 aliphatic rings. The van der Waals surface area contributed by atoms with Crippen molar-refractivity contribution < 1.29 is 9.53 Å². The molecule has 158 valence electrons. The van der Waals surface area contributed by atoms with Gasteiger partial charge in [0, 0.05) is 32.3 Å². The number of amidine groups is 1. The summed E-state index contributed by atoms with van der Waals surface area (Å²) in [5.41, 5.74) is 1.80. The first-order chi connectivity index (χ1) is 13.9. The molecule has 0 amide bonds. The number of carbonyl (C=O) groups is 1. The zero-order valence-corrected chi connectivity index (χ0v) is 18.9. The van der Waals surface area contributed by atoms with Gasteiger partial charge in [-0.3, -0.25) is 4.79 Å². The van der Waals surface area contributed by atoms with Crippen molar-refractivity contribution in [3.63, 3.8) is 0 Å². The number of benzene rings is 1. The number of hydrogen-bond donors (Lipinski definition) is 0. The summed E-state index contributed by atoms with van der Waals surface area (Å²) in [6, 6.07) is 5.53. The standard InChI is InChI=1S/C22H29Cl2N3O2/c1-4-17(14-28)21(27-11-8-22(9-12-27)10-13-29-15-22)25-16(2)26(3)19-7-5-6-18(23)20(19)24/h5-7,14H,4,8-13,15H2,1-3H3/b21-17+,25-16?. The van der Waals surface area contributed by atoms with Crippen molar-refractivity contribution in [1.29, 1.82) is 0 Å². The van der Waals surface area contributed by atoms with E-state index in [2.05, 4.69) is 4.90 Å². The van der Waals surface area contributed by atoms with Gasteiger partial charge in [-0.25, -0.2) is 4.99 Å². The summed E-state index contributed by atoms with van der Waals surface area (Å²) in [6.07, 6.45) is 4.84. The summed E-state index contributed by atoms with van der Waals surface area (Å²) in [5.74, 6) is 1.51. The summed E-state index contributed by atoms with van der Waals surface area (Å²) >= 11 is 12.6. The molecule has 2 saturated heterocycles. The fourth-order valence-electron chi connectivity index (χ4n) is 4.03. The van der Waals surface area contributed by atoms with Gasteiger partial charge in [-0.05, 0) is 50.2 Å². The molecule has 2 fully saturated rings. The van der Waals surface area contributed by atoms with E-state index < -0.39 is 0 Å². The lowest BCUT2D eigenvalue weighted by atomic mass is 9.78. The maximum absolute atomic E-state index is 11.8. The monoisotopic (exact) mass is 437 g/mol. The van der Waals surface area contributed by atoms with Crippen LogP contribution in [0, 0.1) is 5.41 Å². The van der Waals surface area contributed by atoms with E-state index in [1.807, 2.05) is 37.9 Å². The second-order valence-corrected chi connectivity index (χ2v) is 8.69. The quantitative estimate of drug-likeness (QED) is 0.275. The number of allylic oxidation sites excluding steroid dienone is 1. The largest absolute Gasteiger partial charge is 0.381 e. The van der Waals surface area contributed by atoms with Gasteiger partial charge in [0.15, 0.2) is 0 Å². The second-order valence-electron chi connectivity index (χ2n) is 7.90. The number of piperidine rings is 1. The molecular formula is C22H29Cl2N3O2. The molecule has 7 heteroatoms. The number of anilines is 1. The molecule has 3 rings (SSSR count). The normalized spacial score (nSPS) is 20.0. The van der Waals surface area contributed by atoms with Crippen molar-refractivity contribution >= 4 is 41.0 Å². The summed E-state index contributed by atoms with van der Waals surface area (Å²) in [6.45, 7) is 7.39. The maximum Gasteiger partial charge on any atom is 0.149 e. The average molecular weight is 438 g/mol. The molecule has 0 aliphatic carbocycles. The van der Waals surface area contributed by atoms with Gasteiger partial charge in [-0.15, -0.1) is 0 Å². The highest BCUT2D eigenvalue weighted by Crippen LogP contribution is 2.40. The van der Waals surface area contributed by atoms with E-state index in [9.17, 15) is 4.79 Å². The Balaban J connectivity index is 1.86. The van der Waals surface area contributed by atoms with Crippen molar-refractivity contribution in [3.8, 4) is 0 Å². The lowest BCUT2D eigenvalue weighted by Gasteiger charge is -2.40. The highest BCUT2D eigenvalue weighted by atomic mass is 35.5. The number of halogens is 2. The number of ether oxygens (including phenoxy) is 1. The maximum atomic E-state index is 11.8. The molecule has 1 aromatic rings. The summed E-state index contributed by atoms with van der Waals surface area (Å²) in [4.78, 5) is 20.8. The molecule has 2 heterocycles. The van der Waals surface area contributed by atoms with Crippen LogP contribution >= 0.6 is 23.2 Å². The van der Waals surface area contributed by atoms with E-state index in [0.717, 1.165) is 69.2 Å². The summed E-state index contributed by atoms with van der Waals surface area (Å²) in [7, 11) is 1.90. The third-order valence-corrected chi connectivity index (χ3v) is 6.97. The van der Waals surface area contributed by atoms with Crippen LogP contribution in [-0.2, 0) is 9.53 Å². The Bertz CT molecular complexity index is 806. The molecule has 0 atom stereocenters. The first kappa shape index (κ1) is 22.1. The number of aldehydes is 1. The summed E-state index contributed by atoms with van der Waals surface area (Å²) < 4.78 is 5.64. The molecule has 1 aromatic carbocycles. The first-order valence-corrected chi connectivity index (χ1v) is 10.9. The number of carbonyl (C=O) groups excluding carboxylic acids is 1. The van der Waals surface area contributed by atoms with E-state index in [1.54, 1.807) is 6.07 Å². The number of nitrogens with zero attached hydrogens (tertiary/aromatic N) is 3. The van der Waals surface area contributed by atoms with E-state index in [0.29, 0.717) is 27.5 Å². The number of rotatable bonds is 5. The zero-order chi connectivity index (χ0) is 21.0. The SMILES string of the molecule is CC/C(C=O)=C(/N=C(C)N(C)c1cccc(Cl)c1Cl)N1CCC2(CCOC2)CC1. The van der Waals surface area contributed by atoms with Crippen molar-refractivity contribution in [1.82, 2.24) is 4.90 Å². The molecule has 0 bridgehead atoms. The molecule has 1 spiro atoms. The van der Waals surface area contributed by atoms with Gasteiger partial charge in [0.2, 0.25) is 0 Å². The van der Waals surface area contributed by atoms with E-state index in [1.165, 1.54) is 0 Å². The lowest BCUT2D eigenvalue weighted by Crippen LogP contribution is -2.40. The van der Waals surface area contributed by atoms with Crippen molar-refractivity contribution in [2.24, 2.45) is 10.4 Å². The Morgan fingerprint density at radius 1 is 1.31 bits per heavy atom. The van der Waals surface area contributed by atoms with Crippen molar-refractivity contribution in [2.75, 3.05) is 38.3 Å². The Labute approximate surface area is 183 Å². The highest BCUT2D eigenvalue weighted by Gasteiger charge is 2.38. The first-order valence-electron chi connectivity index (χ1n) is 10.1. The Hall–Kier alpha value is -1.56. The molecule has 5 nitrogen and oxygen atoms in total. The molecule has 2 aliphatic heterocycles. The fourth-order valence-corrected chi connectivity index (χ4v) is 4.45. The molecular weight excluding hydrogens is 409 g/mol. The van der Waals surface area contributed by atoms with E-state index in [-0.39, 0.29) is 0 Å². The Kier molecular flexibility index (Phi) is 7.25. The Morgan fingerprint density at radius 3 is 2.62 bits per heavy atom. The smallest absolute Gasteiger partial charge is 0.149 e. The van der Waals surface area contributed by atoms with E-state index in [4.69, 9.17) is 32.9 Å². The van der Waals surface area contributed by atoms with Crippen LogP contribution in [0.25, 0.3) is 0 Å². The van der Waals surface area contributed by atoms with Crippen LogP contribution < -0.4 is 4.90 Å². The van der Waals surface area contributed by atoms with Gasteiger partial charge >= 0.3 is 0 Å². The predicted octanol–water partition coefficient (Wildman–Crippen LogP) is 5.17. The second kappa shape index (κ2) is 9.50. The minimum Gasteiger partial charge on any atom is -0.381 e. The van der Waals surface area contributed by atoms with Gasteiger partial charge in [0.05, 0.1) is 22.3 Å². The zero-order valence-electron chi connectivity index (χ0n) is 17.4. The highest BCUT2D eigenvalue weighted by molar-refractivity contribution is 6.44. The van der Waals surface area contributed by atoms with Crippen LogP contribution in [0.5, 0.6) is 0 Å². The predicted molar refractivity (Wildman–Crippen MR) is 120 cm³/mol. The van der Waals surface area contributed by atoms with Crippen molar-refractivity contribution in [2.45, 2.75) is 39.5 Å². The Morgan fingerprint density at radius 2 is 2.03 bits per heavy atom. The minimum atomic E-state index is 0.305. The third-order valence-electron chi connectivity index (χ3n) is 6.16. The average Bonchev–Trinajstić information content (AvgIpc) is 3.18. The lowest BCUT2D eigenvalue weighted by molar-refractivity contribution is -0.105. The topological polar surface area (TPSA) is 45.1 Å². The van der Waals surface area contributed by atoms with Crippen LogP contribution in [0.4, 0.5) is 5.69 Å². The number of likely N-dealkylation sites (tertiary alicyclic amines) is 1. The van der Waals surface area contributed by atoms with E-state index >= 15 is 0 Å². The van der Waals surface area contributed by atoms with Crippen LogP contribution in [0.3, 0.4) is 0 Å². The van der Waals surface area contributed by atoms with Crippen LogP contribution in [0.1, 0.15) is 39.5 Å². The van der Waals surface area contributed by atoms with Gasteiger partial charge in [-0.1, -0.05) is 36.2 Å². The summed E-state index contributed by atoms with van der Waals surface area (Å²) in [5, 5.41) is 0.992.